The van der Waals surface area contributed by atoms with Gasteiger partial charge in [0.2, 0.25) is 0 Å². The molecule has 2 unspecified atom stereocenters. The zero-order valence-corrected chi connectivity index (χ0v) is 10.9. The molecular weight excluding hydrogens is 264 g/mol. The van der Waals surface area contributed by atoms with Gasteiger partial charge < -0.3 is 9.84 Å². The summed E-state index contributed by atoms with van der Waals surface area (Å²) in [5.74, 6) is -1.48. The van der Waals surface area contributed by atoms with Crippen LogP contribution in [0, 0.1) is 5.92 Å². The summed E-state index contributed by atoms with van der Waals surface area (Å²) in [5, 5.41) is 8.87. The Bertz CT molecular complexity index is 434. The fourth-order valence-corrected chi connectivity index (χ4v) is 3.25. The first-order valence-electron chi connectivity index (χ1n) is 5.38. The Morgan fingerprint density at radius 2 is 2.06 bits per heavy atom. The maximum absolute atomic E-state index is 11.8. The first-order valence-corrected chi connectivity index (χ1v) is 6.82. The highest BCUT2D eigenvalue weighted by Gasteiger charge is 2.36. The molecule has 1 heterocycles. The lowest BCUT2D eigenvalue weighted by Crippen LogP contribution is -2.51. The van der Waals surface area contributed by atoms with Gasteiger partial charge in [-0.1, -0.05) is 0 Å². The average molecular weight is 280 g/mol. The minimum absolute atomic E-state index is 0.0600. The standard InChI is InChI=1S/C9H16N2O6S/c1-6-5-7(8(12)13)3-4-11(6)18(15,16)10-9(14)17-2/h6-7H,3-5H2,1-2H3,(H,10,14)(H,12,13). The second kappa shape index (κ2) is 5.53. The van der Waals surface area contributed by atoms with Crippen molar-refractivity contribution in [3.05, 3.63) is 0 Å². The number of hydrogen-bond acceptors (Lipinski definition) is 5. The number of carbonyl (C=O) groups is 2. The Labute approximate surface area is 105 Å². The number of piperidine rings is 1. The Morgan fingerprint density at radius 1 is 1.44 bits per heavy atom. The predicted molar refractivity (Wildman–Crippen MR) is 61.0 cm³/mol. The van der Waals surface area contributed by atoms with E-state index in [-0.39, 0.29) is 19.4 Å². The maximum Gasteiger partial charge on any atom is 0.421 e. The molecule has 0 aliphatic carbocycles. The summed E-state index contributed by atoms with van der Waals surface area (Å²) >= 11 is 0. The van der Waals surface area contributed by atoms with Gasteiger partial charge in [-0.25, -0.2) is 9.52 Å². The van der Waals surface area contributed by atoms with E-state index >= 15 is 0 Å². The van der Waals surface area contributed by atoms with Gasteiger partial charge in [-0.3, -0.25) is 4.79 Å². The molecule has 1 saturated heterocycles. The lowest BCUT2D eigenvalue weighted by molar-refractivity contribution is -0.143. The Balaban J connectivity index is 2.74. The Morgan fingerprint density at radius 3 is 2.50 bits per heavy atom. The molecule has 0 bridgehead atoms. The maximum atomic E-state index is 11.8. The molecule has 0 aromatic rings. The predicted octanol–water partition coefficient (Wildman–Crippen LogP) is -0.228. The molecule has 1 aliphatic rings. The molecule has 0 aromatic carbocycles. The summed E-state index contributed by atoms with van der Waals surface area (Å²) in [6, 6.07) is -0.484. The third-order valence-electron chi connectivity index (χ3n) is 2.87. The molecular formula is C9H16N2O6S. The quantitative estimate of drug-likeness (QED) is 0.738. The van der Waals surface area contributed by atoms with E-state index in [2.05, 4.69) is 4.74 Å². The molecule has 0 aromatic heterocycles. The van der Waals surface area contributed by atoms with E-state index in [1.165, 1.54) is 0 Å². The molecule has 1 rings (SSSR count). The van der Waals surface area contributed by atoms with Gasteiger partial charge in [-0.15, -0.1) is 0 Å². The fraction of sp³-hybridized carbons (Fsp3) is 0.778. The number of nitrogens with one attached hydrogen (secondary N) is 1. The molecule has 104 valence electrons. The molecule has 0 saturated carbocycles. The van der Waals surface area contributed by atoms with E-state index in [0.717, 1.165) is 11.4 Å². The molecule has 1 aliphatic heterocycles. The topological polar surface area (TPSA) is 113 Å². The number of ether oxygens (including phenoxy) is 1. The zero-order chi connectivity index (χ0) is 13.9. The Hall–Kier alpha value is -1.35. The number of carboxylic acid groups (broad SMARTS) is 1. The van der Waals surface area contributed by atoms with Crippen LogP contribution in [0.3, 0.4) is 0 Å². The van der Waals surface area contributed by atoms with E-state index < -0.39 is 34.2 Å². The molecule has 8 nitrogen and oxygen atoms in total. The van der Waals surface area contributed by atoms with Gasteiger partial charge in [0.05, 0.1) is 13.0 Å². The smallest absolute Gasteiger partial charge is 0.421 e. The SMILES string of the molecule is COC(=O)NS(=O)(=O)N1CCC(C(=O)O)CC1C. The van der Waals surface area contributed by atoms with Gasteiger partial charge in [0.1, 0.15) is 0 Å². The van der Waals surface area contributed by atoms with Crippen LogP contribution in [0.2, 0.25) is 0 Å². The lowest BCUT2D eigenvalue weighted by Gasteiger charge is -2.34. The minimum atomic E-state index is -3.98. The highest BCUT2D eigenvalue weighted by atomic mass is 32.2. The van der Waals surface area contributed by atoms with Crippen LogP contribution in [0.5, 0.6) is 0 Å². The van der Waals surface area contributed by atoms with Crippen LogP contribution in [-0.4, -0.2) is 49.6 Å². The highest BCUT2D eigenvalue weighted by Crippen LogP contribution is 2.24. The van der Waals surface area contributed by atoms with Gasteiger partial charge >= 0.3 is 22.3 Å². The molecule has 1 fully saturated rings. The molecule has 18 heavy (non-hydrogen) atoms. The third kappa shape index (κ3) is 3.33. The van der Waals surface area contributed by atoms with Gasteiger partial charge in [0.25, 0.3) is 0 Å². The van der Waals surface area contributed by atoms with Crippen LogP contribution in [0.1, 0.15) is 19.8 Å². The number of carbonyl (C=O) groups excluding carboxylic acids is 1. The van der Waals surface area contributed by atoms with Gasteiger partial charge in [-0.05, 0) is 19.8 Å². The fourth-order valence-electron chi connectivity index (χ4n) is 1.94. The first-order chi connectivity index (χ1) is 8.27. The van der Waals surface area contributed by atoms with Crippen molar-refractivity contribution >= 4 is 22.3 Å². The number of hydrogen-bond donors (Lipinski definition) is 2. The van der Waals surface area contributed by atoms with Crippen LogP contribution in [-0.2, 0) is 19.7 Å². The van der Waals surface area contributed by atoms with Crippen LogP contribution < -0.4 is 4.72 Å². The van der Waals surface area contributed by atoms with Crippen molar-refractivity contribution in [1.29, 1.82) is 0 Å². The van der Waals surface area contributed by atoms with Crippen molar-refractivity contribution in [2.75, 3.05) is 13.7 Å². The van der Waals surface area contributed by atoms with Crippen molar-refractivity contribution in [3.63, 3.8) is 0 Å². The zero-order valence-electron chi connectivity index (χ0n) is 10.1. The van der Waals surface area contributed by atoms with E-state index in [1.807, 2.05) is 0 Å². The number of methoxy groups -OCH3 is 1. The summed E-state index contributed by atoms with van der Waals surface area (Å²) in [6.07, 6.45) is -0.623. The van der Waals surface area contributed by atoms with Crippen molar-refractivity contribution in [1.82, 2.24) is 9.03 Å². The normalized spacial score (nSPS) is 25.4. The monoisotopic (exact) mass is 280 g/mol. The van der Waals surface area contributed by atoms with Crippen molar-refractivity contribution in [2.24, 2.45) is 5.92 Å². The van der Waals surface area contributed by atoms with Crippen LogP contribution in [0.4, 0.5) is 4.79 Å². The van der Waals surface area contributed by atoms with Crippen LogP contribution in [0.25, 0.3) is 0 Å². The van der Waals surface area contributed by atoms with Crippen LogP contribution in [0.15, 0.2) is 0 Å². The van der Waals surface area contributed by atoms with Crippen LogP contribution >= 0.6 is 0 Å². The highest BCUT2D eigenvalue weighted by molar-refractivity contribution is 7.87. The second-order valence-corrected chi connectivity index (χ2v) is 5.74. The summed E-state index contributed by atoms with van der Waals surface area (Å²) in [7, 11) is -2.92. The number of nitrogens with zero attached hydrogens (tertiary/aromatic N) is 1. The first kappa shape index (κ1) is 14.7. The average Bonchev–Trinajstić information content (AvgIpc) is 2.27. The molecule has 2 atom stereocenters. The summed E-state index contributed by atoms with van der Waals surface area (Å²) < 4.78 is 30.7. The van der Waals surface area contributed by atoms with E-state index in [4.69, 9.17) is 5.11 Å². The van der Waals surface area contributed by atoms with Gasteiger partial charge in [0.15, 0.2) is 0 Å². The minimum Gasteiger partial charge on any atom is -0.481 e. The Kier molecular flexibility index (Phi) is 4.52. The molecule has 1 amide bonds. The third-order valence-corrected chi connectivity index (χ3v) is 4.46. The van der Waals surface area contributed by atoms with Crippen molar-refractivity contribution in [2.45, 2.75) is 25.8 Å². The van der Waals surface area contributed by atoms with Crippen molar-refractivity contribution in [3.8, 4) is 0 Å². The molecule has 0 spiro atoms. The van der Waals surface area contributed by atoms with E-state index in [0.29, 0.717) is 0 Å². The molecule has 0 radical (unpaired) electrons. The number of rotatable bonds is 3. The van der Waals surface area contributed by atoms with E-state index in [9.17, 15) is 18.0 Å². The largest absolute Gasteiger partial charge is 0.481 e. The summed E-state index contributed by atoms with van der Waals surface area (Å²) in [5.41, 5.74) is 0. The van der Waals surface area contributed by atoms with Gasteiger partial charge in [0, 0.05) is 12.6 Å². The van der Waals surface area contributed by atoms with Gasteiger partial charge in [-0.2, -0.15) is 12.7 Å². The lowest BCUT2D eigenvalue weighted by atomic mass is 9.93. The van der Waals surface area contributed by atoms with E-state index in [1.54, 1.807) is 11.6 Å². The molecule has 2 N–H and O–H groups in total. The summed E-state index contributed by atoms with van der Waals surface area (Å²) in [6.45, 7) is 1.66. The molecule has 9 heteroatoms. The second-order valence-electron chi connectivity index (χ2n) is 4.12. The number of aliphatic carboxylic acids is 1. The van der Waals surface area contributed by atoms with Crippen molar-refractivity contribution < 1.29 is 27.9 Å². The number of amides is 1. The summed E-state index contributed by atoms with van der Waals surface area (Å²) in [4.78, 5) is 21.7. The number of carboxylic acids is 1.